The lowest BCUT2D eigenvalue weighted by atomic mass is 10.2. The van der Waals surface area contributed by atoms with Crippen LogP contribution in [-0.2, 0) is 9.59 Å². The summed E-state index contributed by atoms with van der Waals surface area (Å²) in [6, 6.07) is 11.1. The highest BCUT2D eigenvalue weighted by Crippen LogP contribution is 2.23. The minimum Gasteiger partial charge on any atom is -0.495 e. The van der Waals surface area contributed by atoms with Gasteiger partial charge in [0.25, 0.3) is 5.91 Å². The summed E-state index contributed by atoms with van der Waals surface area (Å²) in [5.41, 5.74) is 0.648. The van der Waals surface area contributed by atoms with E-state index in [1.54, 1.807) is 24.3 Å². The van der Waals surface area contributed by atoms with Gasteiger partial charge >= 0.3 is 5.97 Å². The number of hydrogen-bond acceptors (Lipinski definition) is 6. The van der Waals surface area contributed by atoms with E-state index in [9.17, 15) is 14.4 Å². The third-order valence-electron chi connectivity index (χ3n) is 3.38. The fourth-order valence-corrected chi connectivity index (χ4v) is 2.09. The van der Waals surface area contributed by atoms with Gasteiger partial charge in [-0.25, -0.2) is 4.79 Å². The number of carboxylic acid groups (broad SMARTS) is 1. The van der Waals surface area contributed by atoms with Gasteiger partial charge in [-0.1, -0.05) is 18.2 Å². The molecule has 1 amide bonds. The Morgan fingerprint density at radius 1 is 1.12 bits per heavy atom. The molecule has 1 atom stereocenters. The van der Waals surface area contributed by atoms with E-state index in [4.69, 9.17) is 9.84 Å². The Labute approximate surface area is 149 Å². The largest absolute Gasteiger partial charge is 0.495 e. The Balaban J connectivity index is 2.20. The normalized spacial score (nSPS) is 11.8. The predicted molar refractivity (Wildman–Crippen MR) is 94.0 cm³/mol. The van der Waals surface area contributed by atoms with Gasteiger partial charge in [-0.05, 0) is 37.3 Å². The number of carbonyl (C=O) groups excluding carboxylic acids is 2. The van der Waals surface area contributed by atoms with Crippen LogP contribution in [-0.4, -0.2) is 35.9 Å². The number of Topliss-reactive ketones (excluding diaryl/α,β-unsaturated/α-hetero) is 1. The number of methoxy groups -OCH3 is 1. The number of ether oxygens (including phenoxy) is 1. The molecule has 2 aromatic carbocycles. The molecule has 8 nitrogen and oxygen atoms in total. The number of carboxylic acids is 1. The first-order chi connectivity index (χ1) is 12.4. The van der Waals surface area contributed by atoms with Crippen LogP contribution in [0, 0.1) is 0 Å². The van der Waals surface area contributed by atoms with Crippen molar-refractivity contribution in [2.24, 2.45) is 10.2 Å². The van der Waals surface area contributed by atoms with Crippen molar-refractivity contribution in [1.82, 2.24) is 0 Å². The Hall–Kier alpha value is -3.55. The van der Waals surface area contributed by atoms with E-state index in [1.807, 2.05) is 0 Å². The molecule has 0 fully saturated rings. The molecule has 0 saturated heterocycles. The van der Waals surface area contributed by atoms with Gasteiger partial charge in [0.05, 0.1) is 24.0 Å². The van der Waals surface area contributed by atoms with Gasteiger partial charge in [0.2, 0.25) is 6.04 Å². The molecule has 0 aliphatic heterocycles. The Morgan fingerprint density at radius 3 is 2.50 bits per heavy atom. The number of nitrogens with zero attached hydrogens (tertiary/aromatic N) is 2. The van der Waals surface area contributed by atoms with Crippen LogP contribution in [0.25, 0.3) is 0 Å². The number of amides is 1. The summed E-state index contributed by atoms with van der Waals surface area (Å²) in [5, 5.41) is 19.2. The van der Waals surface area contributed by atoms with Gasteiger partial charge < -0.3 is 15.2 Å². The van der Waals surface area contributed by atoms with E-state index in [0.717, 1.165) is 0 Å². The number of anilines is 1. The third-order valence-corrected chi connectivity index (χ3v) is 3.38. The molecule has 2 rings (SSSR count). The van der Waals surface area contributed by atoms with E-state index in [1.165, 1.54) is 38.3 Å². The fraction of sp³-hybridized carbons (Fsp3) is 0.167. The van der Waals surface area contributed by atoms with Gasteiger partial charge in [-0.15, -0.1) is 0 Å². The number of hydrogen-bond donors (Lipinski definition) is 2. The molecule has 0 radical (unpaired) electrons. The van der Waals surface area contributed by atoms with E-state index < -0.39 is 23.7 Å². The summed E-state index contributed by atoms with van der Waals surface area (Å²) in [6.45, 7) is 1.22. The molecule has 0 spiro atoms. The molecule has 0 saturated carbocycles. The van der Waals surface area contributed by atoms with Crippen molar-refractivity contribution < 1.29 is 24.2 Å². The zero-order valence-electron chi connectivity index (χ0n) is 14.2. The summed E-state index contributed by atoms with van der Waals surface area (Å²) in [6.07, 6.45) is 0. The number of rotatable bonds is 7. The second kappa shape index (κ2) is 8.52. The van der Waals surface area contributed by atoms with Crippen LogP contribution < -0.4 is 10.1 Å². The molecule has 1 unspecified atom stereocenters. The molecule has 26 heavy (non-hydrogen) atoms. The highest BCUT2D eigenvalue weighted by atomic mass is 16.5. The van der Waals surface area contributed by atoms with E-state index in [0.29, 0.717) is 11.4 Å². The maximum absolute atomic E-state index is 12.4. The van der Waals surface area contributed by atoms with Crippen LogP contribution in [0.2, 0.25) is 0 Å². The average molecular weight is 355 g/mol. The first kappa shape index (κ1) is 18.8. The van der Waals surface area contributed by atoms with Crippen molar-refractivity contribution in [3.63, 3.8) is 0 Å². The standard InChI is InChI=1S/C18H17N3O5/c1-11(22)16(17(23)19-14-8-3-4-9-15(14)26-2)21-20-13-7-5-6-12(10-13)18(24)25/h3-10,16H,1-2H3,(H,19,23)(H,24,25). The monoisotopic (exact) mass is 355 g/mol. The molecule has 0 bridgehead atoms. The van der Waals surface area contributed by atoms with Crippen molar-refractivity contribution in [3.8, 4) is 5.75 Å². The summed E-state index contributed by atoms with van der Waals surface area (Å²) in [5.74, 6) is -1.84. The predicted octanol–water partition coefficient (Wildman–Crippen LogP) is 3.07. The Kier molecular flexibility index (Phi) is 6.15. The smallest absolute Gasteiger partial charge is 0.335 e. The van der Waals surface area contributed by atoms with Gasteiger partial charge in [0.1, 0.15) is 5.75 Å². The van der Waals surface area contributed by atoms with Crippen LogP contribution in [0.3, 0.4) is 0 Å². The van der Waals surface area contributed by atoms with Gasteiger partial charge in [0, 0.05) is 0 Å². The van der Waals surface area contributed by atoms with Crippen molar-refractivity contribution in [2.45, 2.75) is 13.0 Å². The van der Waals surface area contributed by atoms with Crippen LogP contribution in [0.15, 0.2) is 58.8 Å². The Bertz CT molecular complexity index is 863. The highest BCUT2D eigenvalue weighted by molar-refractivity contribution is 6.10. The lowest BCUT2D eigenvalue weighted by molar-refractivity contribution is -0.126. The molecular formula is C18H17N3O5. The number of benzene rings is 2. The fourth-order valence-electron chi connectivity index (χ4n) is 2.09. The summed E-state index contributed by atoms with van der Waals surface area (Å²) < 4.78 is 5.14. The molecule has 2 aromatic rings. The van der Waals surface area contributed by atoms with Gasteiger partial charge in [0.15, 0.2) is 5.78 Å². The van der Waals surface area contributed by atoms with Crippen LogP contribution in [0.4, 0.5) is 11.4 Å². The summed E-state index contributed by atoms with van der Waals surface area (Å²) in [4.78, 5) is 35.1. The van der Waals surface area contributed by atoms with Crippen LogP contribution >= 0.6 is 0 Å². The zero-order valence-corrected chi connectivity index (χ0v) is 14.2. The summed E-state index contributed by atoms with van der Waals surface area (Å²) >= 11 is 0. The second-order valence-electron chi connectivity index (χ2n) is 5.27. The number of carbonyl (C=O) groups is 3. The molecular weight excluding hydrogens is 338 g/mol. The molecule has 2 N–H and O–H groups in total. The number of ketones is 1. The van der Waals surface area contributed by atoms with E-state index in [2.05, 4.69) is 15.5 Å². The van der Waals surface area contributed by atoms with Crippen molar-refractivity contribution in [2.75, 3.05) is 12.4 Å². The Morgan fingerprint density at radius 2 is 1.85 bits per heavy atom. The molecule has 134 valence electrons. The molecule has 0 heterocycles. The molecule has 8 heteroatoms. The maximum atomic E-state index is 12.4. The first-order valence-electron chi connectivity index (χ1n) is 7.61. The number of aromatic carboxylic acids is 1. The minimum absolute atomic E-state index is 0.0271. The van der Waals surface area contributed by atoms with E-state index in [-0.39, 0.29) is 11.3 Å². The van der Waals surface area contributed by atoms with Crippen LogP contribution in [0.5, 0.6) is 5.75 Å². The van der Waals surface area contributed by atoms with E-state index >= 15 is 0 Å². The molecule has 0 aromatic heterocycles. The first-order valence-corrected chi connectivity index (χ1v) is 7.61. The SMILES string of the molecule is COc1ccccc1NC(=O)C(N=Nc1cccc(C(=O)O)c1)C(C)=O. The number of azo groups is 1. The lowest BCUT2D eigenvalue weighted by Gasteiger charge is -2.12. The van der Waals surface area contributed by atoms with Gasteiger partial charge in [-0.3, -0.25) is 9.59 Å². The average Bonchev–Trinajstić information content (AvgIpc) is 2.62. The lowest BCUT2D eigenvalue weighted by Crippen LogP contribution is -2.31. The quantitative estimate of drug-likeness (QED) is 0.584. The summed E-state index contributed by atoms with van der Waals surface area (Å²) in [7, 11) is 1.46. The zero-order chi connectivity index (χ0) is 19.1. The van der Waals surface area contributed by atoms with Crippen LogP contribution in [0.1, 0.15) is 17.3 Å². The van der Waals surface area contributed by atoms with Crippen molar-refractivity contribution >= 4 is 29.0 Å². The second-order valence-corrected chi connectivity index (χ2v) is 5.27. The third kappa shape index (κ3) is 4.73. The van der Waals surface area contributed by atoms with Gasteiger partial charge in [-0.2, -0.15) is 10.2 Å². The van der Waals surface area contributed by atoms with Crippen molar-refractivity contribution in [3.05, 3.63) is 54.1 Å². The van der Waals surface area contributed by atoms with Crippen molar-refractivity contribution in [1.29, 1.82) is 0 Å². The molecule has 0 aliphatic rings. The maximum Gasteiger partial charge on any atom is 0.335 e. The molecule has 0 aliphatic carbocycles. The minimum atomic E-state index is -1.37. The topological polar surface area (TPSA) is 117 Å². The highest BCUT2D eigenvalue weighted by Gasteiger charge is 2.24. The number of nitrogens with one attached hydrogen (secondary N) is 1. The number of para-hydroxylation sites is 2.